The molecule has 0 aliphatic heterocycles. The van der Waals surface area contributed by atoms with E-state index < -0.39 is 0 Å². The van der Waals surface area contributed by atoms with Gasteiger partial charge in [-0.3, -0.25) is 0 Å². The highest BCUT2D eigenvalue weighted by Crippen LogP contribution is 2.31. The van der Waals surface area contributed by atoms with Crippen LogP contribution in [0.5, 0.6) is 0 Å². The molecular formula is C9H10ClN3S. The molecule has 0 unspecified atom stereocenters. The molecule has 5 heteroatoms. The summed E-state index contributed by atoms with van der Waals surface area (Å²) in [6.45, 7) is 2.03. The minimum absolute atomic E-state index is 0.308. The number of hydrogen-bond acceptors (Lipinski definition) is 4. The van der Waals surface area contributed by atoms with Gasteiger partial charge < -0.3 is 4.90 Å². The molecule has 0 aromatic carbocycles. The maximum Gasteiger partial charge on any atom is 0.224 e. The van der Waals surface area contributed by atoms with E-state index in [1.54, 1.807) is 11.3 Å². The van der Waals surface area contributed by atoms with Gasteiger partial charge in [0, 0.05) is 14.1 Å². The third-order valence-electron chi connectivity index (χ3n) is 1.97. The van der Waals surface area contributed by atoms with Crippen molar-refractivity contribution in [3.05, 3.63) is 16.2 Å². The van der Waals surface area contributed by atoms with Crippen molar-refractivity contribution in [1.29, 1.82) is 0 Å². The predicted molar refractivity (Wildman–Crippen MR) is 61.5 cm³/mol. The number of anilines is 1. The first-order chi connectivity index (χ1) is 6.59. The summed E-state index contributed by atoms with van der Waals surface area (Å²) >= 11 is 7.50. The molecule has 0 radical (unpaired) electrons. The molecule has 74 valence electrons. The Bertz CT molecular complexity index is 478. The summed E-state index contributed by atoms with van der Waals surface area (Å²) in [6.07, 6.45) is 0. The molecule has 0 fully saturated rings. The molecular weight excluding hydrogens is 218 g/mol. The van der Waals surface area contributed by atoms with E-state index in [9.17, 15) is 0 Å². The average molecular weight is 228 g/mol. The van der Waals surface area contributed by atoms with Gasteiger partial charge in [-0.05, 0) is 29.5 Å². The van der Waals surface area contributed by atoms with Gasteiger partial charge in [-0.15, -0.1) is 11.3 Å². The number of rotatable bonds is 1. The van der Waals surface area contributed by atoms with Crippen molar-refractivity contribution < 1.29 is 0 Å². The van der Waals surface area contributed by atoms with E-state index in [1.165, 1.54) is 0 Å². The van der Waals surface area contributed by atoms with Crippen LogP contribution in [0.4, 0.5) is 5.82 Å². The van der Waals surface area contributed by atoms with E-state index >= 15 is 0 Å². The lowest BCUT2D eigenvalue weighted by molar-refractivity contribution is 1.06. The third-order valence-corrected chi connectivity index (χ3v) is 3.22. The summed E-state index contributed by atoms with van der Waals surface area (Å²) in [4.78, 5) is 10.4. The lowest BCUT2D eigenvalue weighted by Crippen LogP contribution is -2.11. The Balaban J connectivity index is 2.82. The highest BCUT2D eigenvalue weighted by atomic mass is 35.5. The summed E-state index contributed by atoms with van der Waals surface area (Å²) in [5.41, 5.74) is 2.11. The van der Waals surface area contributed by atoms with Crippen molar-refractivity contribution in [1.82, 2.24) is 9.97 Å². The number of aromatic nitrogens is 2. The van der Waals surface area contributed by atoms with E-state index in [0.717, 1.165) is 21.6 Å². The molecule has 0 aliphatic carbocycles. The van der Waals surface area contributed by atoms with Gasteiger partial charge in [0.25, 0.3) is 0 Å². The second-order valence-electron chi connectivity index (χ2n) is 3.31. The molecule has 0 saturated heterocycles. The Hall–Kier alpha value is -0.870. The Morgan fingerprint density at radius 1 is 1.36 bits per heavy atom. The maximum absolute atomic E-state index is 5.85. The van der Waals surface area contributed by atoms with Gasteiger partial charge in [0.2, 0.25) is 5.28 Å². The van der Waals surface area contributed by atoms with Crippen LogP contribution in [0.2, 0.25) is 5.28 Å². The van der Waals surface area contributed by atoms with Gasteiger partial charge in [0.15, 0.2) is 5.82 Å². The normalized spacial score (nSPS) is 10.9. The van der Waals surface area contributed by atoms with E-state index in [1.807, 2.05) is 25.9 Å². The van der Waals surface area contributed by atoms with Crippen molar-refractivity contribution in [3.8, 4) is 0 Å². The van der Waals surface area contributed by atoms with Crippen LogP contribution in [0.1, 0.15) is 5.56 Å². The van der Waals surface area contributed by atoms with E-state index in [-0.39, 0.29) is 0 Å². The number of thiophene rings is 1. The van der Waals surface area contributed by atoms with Crippen molar-refractivity contribution in [2.24, 2.45) is 0 Å². The standard InChI is InChI=1S/C9H10ClN3S/c1-5-4-14-7-6(5)11-9(10)12-8(7)13(2)3/h4H,1-3H3. The molecule has 0 spiro atoms. The third kappa shape index (κ3) is 1.44. The molecule has 3 nitrogen and oxygen atoms in total. The molecule has 2 heterocycles. The molecule has 2 rings (SSSR count). The molecule has 0 bridgehead atoms. The van der Waals surface area contributed by atoms with E-state index in [4.69, 9.17) is 11.6 Å². The molecule has 0 N–H and O–H groups in total. The molecule has 0 amide bonds. The Labute approximate surface area is 91.4 Å². The van der Waals surface area contributed by atoms with Crippen LogP contribution >= 0.6 is 22.9 Å². The number of nitrogens with zero attached hydrogens (tertiary/aromatic N) is 3. The zero-order valence-corrected chi connectivity index (χ0v) is 9.78. The van der Waals surface area contributed by atoms with Crippen LogP contribution in [0.25, 0.3) is 10.2 Å². The highest BCUT2D eigenvalue weighted by Gasteiger charge is 2.11. The lowest BCUT2D eigenvalue weighted by Gasteiger charge is -2.11. The van der Waals surface area contributed by atoms with E-state index in [2.05, 4.69) is 15.3 Å². The van der Waals surface area contributed by atoms with Gasteiger partial charge in [-0.1, -0.05) is 0 Å². The molecule has 14 heavy (non-hydrogen) atoms. The minimum Gasteiger partial charge on any atom is -0.361 e. The summed E-state index contributed by atoms with van der Waals surface area (Å²) in [5.74, 6) is 0.887. The zero-order valence-electron chi connectivity index (χ0n) is 8.21. The maximum atomic E-state index is 5.85. The monoisotopic (exact) mass is 227 g/mol. The van der Waals surface area contributed by atoms with Gasteiger partial charge in [0.05, 0.1) is 10.2 Å². The fourth-order valence-electron chi connectivity index (χ4n) is 1.29. The second-order valence-corrected chi connectivity index (χ2v) is 4.52. The number of halogens is 1. The largest absolute Gasteiger partial charge is 0.361 e. The summed E-state index contributed by atoms with van der Waals surface area (Å²) < 4.78 is 1.09. The number of hydrogen-bond donors (Lipinski definition) is 0. The van der Waals surface area contributed by atoms with Crippen LogP contribution in [-0.4, -0.2) is 24.1 Å². The molecule has 0 aliphatic rings. The van der Waals surface area contributed by atoms with Crippen LogP contribution in [0, 0.1) is 6.92 Å². The van der Waals surface area contributed by atoms with Gasteiger partial charge in [-0.25, -0.2) is 4.98 Å². The van der Waals surface area contributed by atoms with Crippen LogP contribution in [0.15, 0.2) is 5.38 Å². The summed E-state index contributed by atoms with van der Waals surface area (Å²) in [7, 11) is 3.90. The first-order valence-electron chi connectivity index (χ1n) is 4.18. The number of aryl methyl sites for hydroxylation is 1. The minimum atomic E-state index is 0.308. The fraction of sp³-hybridized carbons (Fsp3) is 0.333. The first-order valence-corrected chi connectivity index (χ1v) is 5.44. The summed E-state index contributed by atoms with van der Waals surface area (Å²) in [6, 6.07) is 0. The molecule has 2 aromatic rings. The molecule has 0 saturated carbocycles. The first kappa shape index (κ1) is 9.68. The quantitative estimate of drug-likeness (QED) is 0.702. The van der Waals surface area contributed by atoms with Gasteiger partial charge in [-0.2, -0.15) is 4.98 Å². The predicted octanol–water partition coefficient (Wildman–Crippen LogP) is 2.72. The van der Waals surface area contributed by atoms with E-state index in [0.29, 0.717) is 5.28 Å². The molecule has 2 aromatic heterocycles. The summed E-state index contributed by atoms with van der Waals surface area (Å²) in [5, 5.41) is 2.38. The van der Waals surface area contributed by atoms with Crippen molar-refractivity contribution in [2.45, 2.75) is 6.92 Å². The topological polar surface area (TPSA) is 29.0 Å². The number of fused-ring (bicyclic) bond motifs is 1. The van der Waals surface area contributed by atoms with Crippen molar-refractivity contribution >= 4 is 39.0 Å². The SMILES string of the molecule is Cc1csc2c(N(C)C)nc(Cl)nc12. The van der Waals surface area contributed by atoms with Crippen molar-refractivity contribution in [2.75, 3.05) is 19.0 Å². The van der Waals surface area contributed by atoms with Crippen LogP contribution in [0.3, 0.4) is 0 Å². The van der Waals surface area contributed by atoms with Crippen molar-refractivity contribution in [3.63, 3.8) is 0 Å². The molecule has 0 atom stereocenters. The Morgan fingerprint density at radius 2 is 2.07 bits per heavy atom. The van der Waals surface area contributed by atoms with Gasteiger partial charge >= 0.3 is 0 Å². The van der Waals surface area contributed by atoms with Crippen LogP contribution < -0.4 is 4.90 Å². The fourth-order valence-corrected chi connectivity index (χ4v) is 2.52. The Morgan fingerprint density at radius 3 is 2.71 bits per heavy atom. The lowest BCUT2D eigenvalue weighted by atomic mass is 10.3. The average Bonchev–Trinajstić information content (AvgIpc) is 2.47. The smallest absolute Gasteiger partial charge is 0.224 e. The van der Waals surface area contributed by atoms with Crippen LogP contribution in [-0.2, 0) is 0 Å². The zero-order chi connectivity index (χ0) is 10.3. The second kappa shape index (κ2) is 3.37. The van der Waals surface area contributed by atoms with Gasteiger partial charge in [0.1, 0.15) is 0 Å². The Kier molecular flexibility index (Phi) is 2.33. The highest BCUT2D eigenvalue weighted by molar-refractivity contribution is 7.18.